The second-order valence-corrected chi connectivity index (χ2v) is 10.2. The van der Waals surface area contributed by atoms with Crippen LogP contribution in [0.1, 0.15) is 34.7 Å². The minimum atomic E-state index is -0.129. The van der Waals surface area contributed by atoms with Crippen molar-refractivity contribution >= 4 is 28.7 Å². The number of nitrogens with one attached hydrogen (secondary N) is 1. The molecule has 4 aromatic rings. The van der Waals surface area contributed by atoms with Gasteiger partial charge < -0.3 is 29.5 Å². The highest BCUT2D eigenvalue weighted by Crippen LogP contribution is 2.44. The van der Waals surface area contributed by atoms with Crippen molar-refractivity contribution in [1.82, 2.24) is 14.9 Å². The zero-order valence-corrected chi connectivity index (χ0v) is 22.4. The Labute approximate surface area is 228 Å². The molecular formula is C30H31N5O2S. The van der Waals surface area contributed by atoms with Crippen LogP contribution in [0.15, 0.2) is 79.0 Å². The molecule has 194 valence electrons. The first-order valence-corrected chi connectivity index (χ1v) is 13.3. The molecule has 38 heavy (non-hydrogen) atoms. The van der Waals surface area contributed by atoms with Crippen molar-refractivity contribution in [2.24, 2.45) is 0 Å². The molecule has 2 aromatic carbocycles. The number of anilines is 2. The van der Waals surface area contributed by atoms with E-state index in [4.69, 9.17) is 17.0 Å². The Hall–Kier alpha value is -3.88. The Bertz CT molecular complexity index is 1430. The van der Waals surface area contributed by atoms with Gasteiger partial charge in [0.2, 0.25) is 0 Å². The molecule has 0 amide bonds. The summed E-state index contributed by atoms with van der Waals surface area (Å²) in [5, 5.41) is 14.1. The van der Waals surface area contributed by atoms with Crippen LogP contribution in [0.25, 0.3) is 5.69 Å². The molecule has 2 N–H and O–H groups in total. The maximum Gasteiger partial charge on any atom is 0.174 e. The minimum absolute atomic E-state index is 0.116. The van der Waals surface area contributed by atoms with Gasteiger partial charge in [0.25, 0.3) is 0 Å². The summed E-state index contributed by atoms with van der Waals surface area (Å²) >= 11 is 5.87. The van der Waals surface area contributed by atoms with Gasteiger partial charge in [-0.05, 0) is 98.4 Å². The van der Waals surface area contributed by atoms with Gasteiger partial charge in [-0.1, -0.05) is 6.07 Å². The van der Waals surface area contributed by atoms with Gasteiger partial charge in [-0.15, -0.1) is 0 Å². The van der Waals surface area contributed by atoms with Gasteiger partial charge in [0.1, 0.15) is 5.75 Å². The number of pyridine rings is 1. The molecule has 0 bridgehead atoms. The standard InChI is InChI=1S/C30H31N5O2S/c1-20-19-26(21(2)34(20)23-8-6-22(7-9-23)33-15-17-37-18-16-33)29-28(27-5-3-4-14-31-27)32-30(38)35(29)24-10-12-25(36)13-11-24/h3-14,19,28-29,36H,15-18H2,1-2H3,(H,32,38)/t28-,29+/m0/s1. The Kier molecular flexibility index (Phi) is 6.51. The third kappa shape index (κ3) is 4.40. The van der Waals surface area contributed by atoms with E-state index in [9.17, 15) is 5.11 Å². The van der Waals surface area contributed by atoms with E-state index in [1.165, 1.54) is 11.3 Å². The number of hydrogen-bond acceptors (Lipinski definition) is 5. The first-order valence-electron chi connectivity index (χ1n) is 12.9. The van der Waals surface area contributed by atoms with Crippen molar-refractivity contribution in [3.05, 3.63) is 102 Å². The lowest BCUT2D eigenvalue weighted by Crippen LogP contribution is -2.36. The van der Waals surface area contributed by atoms with Crippen LogP contribution in [0.4, 0.5) is 11.4 Å². The number of nitrogens with zero attached hydrogens (tertiary/aromatic N) is 4. The van der Waals surface area contributed by atoms with Crippen molar-refractivity contribution in [3.63, 3.8) is 0 Å². The second kappa shape index (κ2) is 10.1. The summed E-state index contributed by atoms with van der Waals surface area (Å²) in [5.41, 5.74) is 7.68. The molecule has 0 spiro atoms. The van der Waals surface area contributed by atoms with Crippen LogP contribution < -0.4 is 15.1 Å². The number of rotatable bonds is 5. The largest absolute Gasteiger partial charge is 0.508 e. The average molecular weight is 526 g/mol. The van der Waals surface area contributed by atoms with Crippen LogP contribution in [0, 0.1) is 13.8 Å². The summed E-state index contributed by atoms with van der Waals surface area (Å²) in [7, 11) is 0. The van der Waals surface area contributed by atoms with Gasteiger partial charge in [0.15, 0.2) is 5.11 Å². The number of phenols is 1. The summed E-state index contributed by atoms with van der Waals surface area (Å²) in [5.74, 6) is 0.225. The molecule has 6 rings (SSSR count). The zero-order chi connectivity index (χ0) is 26.2. The van der Waals surface area contributed by atoms with Gasteiger partial charge in [0.05, 0.1) is 31.0 Å². The second-order valence-electron chi connectivity index (χ2n) is 9.79. The van der Waals surface area contributed by atoms with E-state index >= 15 is 0 Å². The number of hydrogen-bond donors (Lipinski definition) is 2. The number of morpholine rings is 1. The van der Waals surface area contributed by atoms with Crippen LogP contribution in [0.5, 0.6) is 5.75 Å². The fourth-order valence-corrected chi connectivity index (χ4v) is 6.03. The first kappa shape index (κ1) is 24.5. The number of aryl methyl sites for hydroxylation is 1. The lowest BCUT2D eigenvalue weighted by molar-refractivity contribution is 0.122. The predicted molar refractivity (Wildman–Crippen MR) is 154 cm³/mol. The molecule has 2 saturated heterocycles. The van der Waals surface area contributed by atoms with Crippen molar-refractivity contribution in [1.29, 1.82) is 0 Å². The molecule has 0 unspecified atom stereocenters. The number of ether oxygens (including phenoxy) is 1. The highest BCUT2D eigenvalue weighted by molar-refractivity contribution is 7.80. The minimum Gasteiger partial charge on any atom is -0.508 e. The van der Waals surface area contributed by atoms with E-state index in [0.29, 0.717) is 5.11 Å². The van der Waals surface area contributed by atoms with Crippen LogP contribution >= 0.6 is 12.2 Å². The monoisotopic (exact) mass is 525 g/mol. The highest BCUT2D eigenvalue weighted by Gasteiger charge is 2.42. The molecule has 2 atom stereocenters. The highest BCUT2D eigenvalue weighted by atomic mass is 32.1. The van der Waals surface area contributed by atoms with Crippen molar-refractivity contribution in [2.45, 2.75) is 25.9 Å². The summed E-state index contributed by atoms with van der Waals surface area (Å²) < 4.78 is 7.82. The summed E-state index contributed by atoms with van der Waals surface area (Å²) in [6, 6.07) is 24.0. The Morgan fingerprint density at radius 1 is 0.921 bits per heavy atom. The van der Waals surface area contributed by atoms with E-state index in [1.54, 1.807) is 12.1 Å². The maximum absolute atomic E-state index is 9.90. The normalized spacial score (nSPS) is 19.6. The molecule has 2 fully saturated rings. The number of thiocarbonyl (C=S) groups is 1. The fraction of sp³-hybridized carbons (Fsp3) is 0.267. The summed E-state index contributed by atoms with van der Waals surface area (Å²) in [6.07, 6.45) is 1.82. The van der Waals surface area contributed by atoms with Gasteiger partial charge in [-0.3, -0.25) is 4.98 Å². The summed E-state index contributed by atoms with van der Waals surface area (Å²) in [4.78, 5) is 9.18. The van der Waals surface area contributed by atoms with Crippen molar-refractivity contribution < 1.29 is 9.84 Å². The smallest absolute Gasteiger partial charge is 0.174 e. The first-order chi connectivity index (χ1) is 18.5. The lowest BCUT2D eigenvalue weighted by Gasteiger charge is -2.29. The van der Waals surface area contributed by atoms with Crippen molar-refractivity contribution in [3.8, 4) is 11.4 Å². The number of aromatic nitrogens is 2. The van der Waals surface area contributed by atoms with Gasteiger partial charge in [-0.2, -0.15) is 0 Å². The molecule has 2 aliphatic heterocycles. The molecule has 2 aliphatic rings. The third-order valence-corrected chi connectivity index (χ3v) is 7.81. The molecule has 0 aliphatic carbocycles. The number of benzene rings is 2. The molecule has 7 nitrogen and oxygen atoms in total. The van der Waals surface area contributed by atoms with E-state index < -0.39 is 0 Å². The Balaban J connectivity index is 1.41. The molecule has 0 saturated carbocycles. The molecular weight excluding hydrogens is 494 g/mol. The fourth-order valence-electron chi connectivity index (χ4n) is 5.68. The van der Waals surface area contributed by atoms with Crippen LogP contribution in [0.2, 0.25) is 0 Å². The lowest BCUT2D eigenvalue weighted by atomic mass is 9.96. The van der Waals surface area contributed by atoms with Crippen molar-refractivity contribution in [2.75, 3.05) is 36.1 Å². The Morgan fingerprint density at radius 3 is 2.29 bits per heavy atom. The van der Waals surface area contributed by atoms with Gasteiger partial charge in [-0.25, -0.2) is 0 Å². The molecule has 0 radical (unpaired) electrons. The maximum atomic E-state index is 9.90. The van der Waals surface area contributed by atoms with Crippen LogP contribution in [0.3, 0.4) is 0 Å². The quantitative estimate of drug-likeness (QED) is 0.347. The SMILES string of the molecule is Cc1cc([C@@H]2[C@H](c3ccccn3)NC(=S)N2c2ccc(O)cc2)c(C)n1-c1ccc(N2CCOCC2)cc1. The predicted octanol–water partition coefficient (Wildman–Crippen LogP) is 5.21. The molecule has 2 aromatic heterocycles. The van der Waals surface area contributed by atoms with Crippen LogP contribution in [-0.4, -0.2) is 46.1 Å². The van der Waals surface area contributed by atoms with Gasteiger partial charge >= 0.3 is 0 Å². The molecule has 8 heteroatoms. The van der Waals surface area contributed by atoms with E-state index in [-0.39, 0.29) is 17.8 Å². The topological polar surface area (TPSA) is 65.8 Å². The van der Waals surface area contributed by atoms with Crippen LogP contribution in [-0.2, 0) is 4.74 Å². The Morgan fingerprint density at radius 2 is 1.61 bits per heavy atom. The van der Waals surface area contributed by atoms with E-state index in [1.807, 2.05) is 36.5 Å². The van der Waals surface area contributed by atoms with E-state index in [2.05, 4.69) is 68.8 Å². The average Bonchev–Trinajstić information content (AvgIpc) is 3.45. The number of phenolic OH excluding ortho intramolecular Hbond substituents is 1. The third-order valence-electron chi connectivity index (χ3n) is 7.50. The van der Waals surface area contributed by atoms with Gasteiger partial charge in [0, 0.05) is 47.7 Å². The van der Waals surface area contributed by atoms with E-state index in [0.717, 1.165) is 54.8 Å². The summed E-state index contributed by atoms with van der Waals surface area (Å²) in [6.45, 7) is 7.70. The molecule has 4 heterocycles. The number of aromatic hydroxyl groups is 1. The zero-order valence-electron chi connectivity index (χ0n) is 21.5.